The zero-order valence-electron chi connectivity index (χ0n) is 12.8. The number of hydrogen-bond donors (Lipinski definition) is 1. The van der Waals surface area contributed by atoms with Gasteiger partial charge in [-0.15, -0.1) is 0 Å². The smallest absolute Gasteiger partial charge is 0.0643 e. The van der Waals surface area contributed by atoms with Crippen LogP contribution in [0.2, 0.25) is 5.02 Å². The Labute approximate surface area is 128 Å². The maximum Gasteiger partial charge on any atom is 0.0643 e. The number of anilines is 1. The number of hydrogen-bond acceptors (Lipinski definition) is 2. The molecule has 0 saturated heterocycles. The Morgan fingerprint density at radius 3 is 2.65 bits per heavy atom. The van der Waals surface area contributed by atoms with Crippen LogP contribution in [0.25, 0.3) is 0 Å². The molecule has 1 saturated carbocycles. The van der Waals surface area contributed by atoms with Crippen LogP contribution in [0, 0.1) is 0 Å². The normalized spacial score (nSPS) is 15.8. The van der Waals surface area contributed by atoms with Crippen molar-refractivity contribution in [2.24, 2.45) is 0 Å². The minimum absolute atomic E-state index is 0.671. The molecule has 3 heteroatoms. The van der Waals surface area contributed by atoms with Crippen LogP contribution in [-0.2, 0) is 6.54 Å². The second-order valence-corrected chi connectivity index (χ2v) is 6.06. The van der Waals surface area contributed by atoms with Gasteiger partial charge in [-0.25, -0.2) is 0 Å². The molecule has 2 rings (SSSR count). The average molecular weight is 295 g/mol. The summed E-state index contributed by atoms with van der Waals surface area (Å²) in [4.78, 5) is 2.53. The van der Waals surface area contributed by atoms with E-state index in [2.05, 4.69) is 36.2 Å². The third-order valence-corrected chi connectivity index (χ3v) is 4.51. The highest BCUT2D eigenvalue weighted by Crippen LogP contribution is 2.35. The Bertz CT molecular complexity index is 413. The maximum absolute atomic E-state index is 6.52. The molecule has 0 aliphatic heterocycles. The number of nitrogens with zero attached hydrogens (tertiary/aromatic N) is 1. The van der Waals surface area contributed by atoms with Crippen molar-refractivity contribution in [3.8, 4) is 0 Å². The molecule has 112 valence electrons. The third kappa shape index (κ3) is 3.67. The number of halogens is 1. The van der Waals surface area contributed by atoms with Crippen LogP contribution in [0.5, 0.6) is 0 Å². The van der Waals surface area contributed by atoms with Crippen molar-refractivity contribution in [2.75, 3.05) is 18.0 Å². The summed E-state index contributed by atoms with van der Waals surface area (Å²) in [5, 5.41) is 4.40. The molecule has 1 aliphatic carbocycles. The molecule has 0 atom stereocenters. The molecule has 1 aromatic rings. The lowest BCUT2D eigenvalue weighted by molar-refractivity contribution is 0.612. The standard InChI is InChI=1S/C17H27ClN2/c1-3-12-19-13-14-8-7-11-16(18)17(14)20(4-2)15-9-5-6-10-15/h7-8,11,15,19H,3-6,9-10,12-13H2,1-2H3. The fourth-order valence-electron chi connectivity index (χ4n) is 3.24. The fourth-order valence-corrected chi connectivity index (χ4v) is 3.54. The number of nitrogens with one attached hydrogen (secondary N) is 1. The molecule has 1 aromatic carbocycles. The van der Waals surface area contributed by atoms with Gasteiger partial charge in [0, 0.05) is 19.1 Å². The van der Waals surface area contributed by atoms with Gasteiger partial charge < -0.3 is 10.2 Å². The second kappa shape index (κ2) is 7.90. The van der Waals surface area contributed by atoms with Crippen LogP contribution >= 0.6 is 11.6 Å². The third-order valence-electron chi connectivity index (χ3n) is 4.21. The van der Waals surface area contributed by atoms with Gasteiger partial charge in [0.25, 0.3) is 0 Å². The van der Waals surface area contributed by atoms with Gasteiger partial charge in [-0.1, -0.05) is 43.5 Å². The number of para-hydroxylation sites is 1. The molecule has 2 nitrogen and oxygen atoms in total. The fraction of sp³-hybridized carbons (Fsp3) is 0.647. The van der Waals surface area contributed by atoms with Gasteiger partial charge >= 0.3 is 0 Å². The van der Waals surface area contributed by atoms with Crippen LogP contribution in [0.15, 0.2) is 18.2 Å². The van der Waals surface area contributed by atoms with Crippen molar-refractivity contribution in [3.05, 3.63) is 28.8 Å². The Balaban J connectivity index is 2.22. The van der Waals surface area contributed by atoms with Gasteiger partial charge in [-0.05, 0) is 44.4 Å². The predicted octanol–water partition coefficient (Wildman–Crippen LogP) is 4.61. The van der Waals surface area contributed by atoms with E-state index in [9.17, 15) is 0 Å². The van der Waals surface area contributed by atoms with E-state index in [0.717, 1.165) is 31.1 Å². The van der Waals surface area contributed by atoms with Crippen LogP contribution in [0.4, 0.5) is 5.69 Å². The van der Waals surface area contributed by atoms with Crippen molar-refractivity contribution in [1.82, 2.24) is 5.32 Å². The van der Waals surface area contributed by atoms with Crippen LogP contribution in [0.1, 0.15) is 51.5 Å². The lowest BCUT2D eigenvalue weighted by Gasteiger charge is -2.32. The van der Waals surface area contributed by atoms with Crippen molar-refractivity contribution in [2.45, 2.75) is 58.5 Å². The molecule has 0 amide bonds. The van der Waals surface area contributed by atoms with Crippen LogP contribution in [-0.4, -0.2) is 19.1 Å². The van der Waals surface area contributed by atoms with E-state index >= 15 is 0 Å². The summed E-state index contributed by atoms with van der Waals surface area (Å²) in [5.74, 6) is 0. The number of benzene rings is 1. The highest BCUT2D eigenvalue weighted by atomic mass is 35.5. The van der Waals surface area contributed by atoms with E-state index in [0.29, 0.717) is 6.04 Å². The lowest BCUT2D eigenvalue weighted by atomic mass is 10.1. The van der Waals surface area contributed by atoms with Gasteiger partial charge in [0.1, 0.15) is 0 Å². The van der Waals surface area contributed by atoms with Gasteiger partial charge in [-0.3, -0.25) is 0 Å². The average Bonchev–Trinajstić information content (AvgIpc) is 2.96. The zero-order chi connectivity index (χ0) is 14.4. The summed E-state index contributed by atoms with van der Waals surface area (Å²) in [6.07, 6.45) is 6.49. The van der Waals surface area contributed by atoms with Gasteiger partial charge in [-0.2, -0.15) is 0 Å². The van der Waals surface area contributed by atoms with E-state index in [1.807, 2.05) is 6.07 Å². The summed E-state index contributed by atoms with van der Waals surface area (Å²) in [6.45, 7) is 7.44. The molecule has 0 radical (unpaired) electrons. The Morgan fingerprint density at radius 2 is 2.00 bits per heavy atom. The highest BCUT2D eigenvalue weighted by molar-refractivity contribution is 6.33. The molecule has 0 bridgehead atoms. The largest absolute Gasteiger partial charge is 0.367 e. The molecule has 0 spiro atoms. The monoisotopic (exact) mass is 294 g/mol. The van der Waals surface area contributed by atoms with E-state index in [1.54, 1.807) is 0 Å². The zero-order valence-corrected chi connectivity index (χ0v) is 13.5. The first-order valence-corrected chi connectivity index (χ1v) is 8.40. The summed E-state index contributed by atoms with van der Waals surface area (Å²) < 4.78 is 0. The quantitative estimate of drug-likeness (QED) is 0.739. The number of rotatable bonds is 7. The Hall–Kier alpha value is -0.730. The van der Waals surface area contributed by atoms with Gasteiger partial charge in [0.15, 0.2) is 0 Å². The molecule has 0 heterocycles. The van der Waals surface area contributed by atoms with E-state index in [-0.39, 0.29) is 0 Å². The first-order valence-electron chi connectivity index (χ1n) is 8.02. The summed E-state index contributed by atoms with van der Waals surface area (Å²) in [6, 6.07) is 6.97. The Kier molecular flexibility index (Phi) is 6.18. The molecule has 1 N–H and O–H groups in total. The van der Waals surface area contributed by atoms with Crippen LogP contribution < -0.4 is 10.2 Å². The molecule has 20 heavy (non-hydrogen) atoms. The minimum Gasteiger partial charge on any atom is -0.367 e. The molecule has 1 aliphatic rings. The molecular formula is C17H27ClN2. The van der Waals surface area contributed by atoms with Crippen molar-refractivity contribution < 1.29 is 0 Å². The van der Waals surface area contributed by atoms with Crippen LogP contribution in [0.3, 0.4) is 0 Å². The van der Waals surface area contributed by atoms with Crippen molar-refractivity contribution in [1.29, 1.82) is 0 Å². The minimum atomic E-state index is 0.671. The summed E-state index contributed by atoms with van der Waals surface area (Å²) >= 11 is 6.52. The second-order valence-electron chi connectivity index (χ2n) is 5.65. The molecule has 0 aromatic heterocycles. The Morgan fingerprint density at radius 1 is 1.25 bits per heavy atom. The maximum atomic E-state index is 6.52. The predicted molar refractivity (Wildman–Crippen MR) is 88.7 cm³/mol. The van der Waals surface area contributed by atoms with Gasteiger partial charge in [0.05, 0.1) is 10.7 Å². The SMILES string of the molecule is CCCNCc1cccc(Cl)c1N(CC)C1CCCC1. The lowest BCUT2D eigenvalue weighted by Crippen LogP contribution is -2.34. The summed E-state index contributed by atoms with van der Waals surface area (Å²) in [7, 11) is 0. The molecular weight excluding hydrogens is 268 g/mol. The van der Waals surface area contributed by atoms with E-state index < -0.39 is 0 Å². The van der Waals surface area contributed by atoms with Crippen molar-refractivity contribution in [3.63, 3.8) is 0 Å². The van der Waals surface area contributed by atoms with E-state index in [1.165, 1.54) is 36.9 Å². The van der Waals surface area contributed by atoms with Gasteiger partial charge in [0.2, 0.25) is 0 Å². The molecule has 0 unspecified atom stereocenters. The highest BCUT2D eigenvalue weighted by Gasteiger charge is 2.24. The molecule has 1 fully saturated rings. The first kappa shape index (κ1) is 15.7. The van der Waals surface area contributed by atoms with E-state index in [4.69, 9.17) is 11.6 Å². The summed E-state index contributed by atoms with van der Waals surface area (Å²) in [5.41, 5.74) is 2.59. The van der Waals surface area contributed by atoms with Crippen molar-refractivity contribution >= 4 is 17.3 Å². The first-order chi connectivity index (χ1) is 9.77. The topological polar surface area (TPSA) is 15.3 Å².